The molecule has 88 valence electrons. The molecule has 0 unspecified atom stereocenters. The summed E-state index contributed by atoms with van der Waals surface area (Å²) >= 11 is 0. The Morgan fingerprint density at radius 1 is 1.56 bits per heavy atom. The Hall–Kier alpha value is -1.42. The van der Waals surface area contributed by atoms with E-state index in [2.05, 4.69) is 5.32 Å². The third-order valence-corrected chi connectivity index (χ3v) is 2.28. The fraction of sp³-hybridized carbons (Fsp3) is 0.417. The Morgan fingerprint density at radius 2 is 2.31 bits per heavy atom. The van der Waals surface area contributed by atoms with E-state index in [-0.39, 0.29) is 11.9 Å². The Kier molecular flexibility index (Phi) is 4.92. The molecule has 0 bridgehead atoms. The topological polar surface area (TPSA) is 38.3 Å². The van der Waals surface area contributed by atoms with Gasteiger partial charge in [-0.3, -0.25) is 4.79 Å². The minimum Gasteiger partial charge on any atom is -0.383 e. The van der Waals surface area contributed by atoms with Gasteiger partial charge in [0.15, 0.2) is 0 Å². The molecule has 1 N–H and O–H groups in total. The fourth-order valence-corrected chi connectivity index (χ4v) is 1.36. The fourth-order valence-electron chi connectivity index (χ4n) is 1.36. The van der Waals surface area contributed by atoms with Gasteiger partial charge in [0.05, 0.1) is 12.6 Å². The molecule has 3 nitrogen and oxygen atoms in total. The molecule has 0 saturated heterocycles. The average Bonchev–Trinajstić information content (AvgIpc) is 2.28. The molecule has 1 atom stereocenters. The number of rotatable bonds is 5. The first-order valence-corrected chi connectivity index (χ1v) is 5.22. The zero-order chi connectivity index (χ0) is 12.0. The van der Waals surface area contributed by atoms with Crippen molar-refractivity contribution in [1.29, 1.82) is 0 Å². The monoisotopic (exact) mass is 225 g/mol. The standard InChI is InChI=1S/C12H16FNO2/c1-3-11(8-16-2)14-12(15)9-5-4-6-10(13)7-9/h4-7,11H,3,8H2,1-2H3,(H,14,15)/t11-/m0/s1. The largest absolute Gasteiger partial charge is 0.383 e. The van der Waals surface area contributed by atoms with Crippen molar-refractivity contribution >= 4 is 5.91 Å². The molecule has 0 aromatic heterocycles. The smallest absolute Gasteiger partial charge is 0.251 e. The van der Waals surface area contributed by atoms with Crippen LogP contribution < -0.4 is 5.32 Å². The summed E-state index contributed by atoms with van der Waals surface area (Å²) in [5, 5.41) is 2.78. The van der Waals surface area contributed by atoms with Crippen LogP contribution in [0.2, 0.25) is 0 Å². The zero-order valence-corrected chi connectivity index (χ0v) is 9.50. The van der Waals surface area contributed by atoms with Gasteiger partial charge in [-0.2, -0.15) is 0 Å². The van der Waals surface area contributed by atoms with Crippen LogP contribution in [0, 0.1) is 5.82 Å². The van der Waals surface area contributed by atoms with Crippen LogP contribution in [0.3, 0.4) is 0 Å². The number of methoxy groups -OCH3 is 1. The average molecular weight is 225 g/mol. The van der Waals surface area contributed by atoms with Gasteiger partial charge in [-0.25, -0.2) is 4.39 Å². The highest BCUT2D eigenvalue weighted by Gasteiger charge is 2.12. The molecule has 0 spiro atoms. The van der Waals surface area contributed by atoms with Crippen LogP contribution in [0.4, 0.5) is 4.39 Å². The van der Waals surface area contributed by atoms with Gasteiger partial charge in [-0.1, -0.05) is 13.0 Å². The molecule has 0 aliphatic carbocycles. The molecular formula is C12H16FNO2. The van der Waals surface area contributed by atoms with Crippen molar-refractivity contribution in [3.8, 4) is 0 Å². The summed E-state index contributed by atoms with van der Waals surface area (Å²) in [4.78, 5) is 11.7. The predicted molar refractivity (Wildman–Crippen MR) is 59.8 cm³/mol. The number of hydrogen-bond acceptors (Lipinski definition) is 2. The van der Waals surface area contributed by atoms with Gasteiger partial charge >= 0.3 is 0 Å². The summed E-state index contributed by atoms with van der Waals surface area (Å²) in [7, 11) is 1.58. The molecule has 0 aliphatic heterocycles. The first kappa shape index (κ1) is 12.6. The lowest BCUT2D eigenvalue weighted by molar-refractivity contribution is 0.0894. The van der Waals surface area contributed by atoms with E-state index in [0.717, 1.165) is 6.42 Å². The van der Waals surface area contributed by atoms with Crippen molar-refractivity contribution < 1.29 is 13.9 Å². The quantitative estimate of drug-likeness (QED) is 0.832. The van der Waals surface area contributed by atoms with E-state index >= 15 is 0 Å². The summed E-state index contributed by atoms with van der Waals surface area (Å²) in [6, 6.07) is 5.58. The first-order chi connectivity index (χ1) is 7.67. The number of hydrogen-bond donors (Lipinski definition) is 1. The van der Waals surface area contributed by atoms with E-state index in [1.165, 1.54) is 18.2 Å². The molecule has 0 aliphatic rings. The van der Waals surface area contributed by atoms with Crippen molar-refractivity contribution in [2.45, 2.75) is 19.4 Å². The molecular weight excluding hydrogens is 209 g/mol. The van der Waals surface area contributed by atoms with E-state index in [0.29, 0.717) is 12.2 Å². The lowest BCUT2D eigenvalue weighted by atomic mass is 10.1. The molecule has 1 aromatic carbocycles. The maximum atomic E-state index is 12.9. The summed E-state index contributed by atoms with van der Waals surface area (Å²) < 4.78 is 17.9. The Bertz CT molecular complexity index is 355. The van der Waals surface area contributed by atoms with Crippen LogP contribution in [0.25, 0.3) is 0 Å². The maximum absolute atomic E-state index is 12.9. The maximum Gasteiger partial charge on any atom is 0.251 e. The van der Waals surface area contributed by atoms with Gasteiger partial charge in [0, 0.05) is 12.7 Å². The van der Waals surface area contributed by atoms with Crippen LogP contribution in [-0.4, -0.2) is 25.7 Å². The molecule has 4 heteroatoms. The van der Waals surface area contributed by atoms with Crippen LogP contribution >= 0.6 is 0 Å². The summed E-state index contributed by atoms with van der Waals surface area (Å²) in [6.07, 6.45) is 0.773. The van der Waals surface area contributed by atoms with E-state index in [4.69, 9.17) is 4.74 Å². The lowest BCUT2D eigenvalue weighted by Crippen LogP contribution is -2.37. The van der Waals surface area contributed by atoms with Crippen molar-refractivity contribution in [3.63, 3.8) is 0 Å². The van der Waals surface area contributed by atoms with Gasteiger partial charge in [-0.05, 0) is 24.6 Å². The molecule has 0 saturated carbocycles. The second-order valence-electron chi connectivity index (χ2n) is 3.54. The zero-order valence-electron chi connectivity index (χ0n) is 9.50. The van der Waals surface area contributed by atoms with Gasteiger partial charge in [0.2, 0.25) is 0 Å². The minimum atomic E-state index is -0.410. The third kappa shape index (κ3) is 3.62. The molecule has 16 heavy (non-hydrogen) atoms. The Morgan fingerprint density at radius 3 is 2.88 bits per heavy atom. The lowest BCUT2D eigenvalue weighted by Gasteiger charge is -2.15. The molecule has 1 aromatic rings. The van der Waals surface area contributed by atoms with Crippen molar-refractivity contribution in [2.75, 3.05) is 13.7 Å². The highest BCUT2D eigenvalue weighted by atomic mass is 19.1. The van der Waals surface area contributed by atoms with Crippen LogP contribution in [0.5, 0.6) is 0 Å². The van der Waals surface area contributed by atoms with E-state index in [1.54, 1.807) is 13.2 Å². The number of carbonyl (C=O) groups is 1. The van der Waals surface area contributed by atoms with Gasteiger partial charge in [-0.15, -0.1) is 0 Å². The minimum absolute atomic E-state index is 0.0410. The van der Waals surface area contributed by atoms with Crippen molar-refractivity contribution in [1.82, 2.24) is 5.32 Å². The third-order valence-electron chi connectivity index (χ3n) is 2.28. The normalized spacial score (nSPS) is 12.2. The highest BCUT2D eigenvalue weighted by molar-refractivity contribution is 5.94. The second-order valence-corrected chi connectivity index (χ2v) is 3.54. The van der Waals surface area contributed by atoms with Crippen molar-refractivity contribution in [2.24, 2.45) is 0 Å². The summed E-state index contributed by atoms with van der Waals surface area (Å²) in [5.41, 5.74) is 0.328. The number of ether oxygens (including phenoxy) is 1. The SMILES string of the molecule is CC[C@@H](COC)NC(=O)c1cccc(F)c1. The van der Waals surface area contributed by atoms with E-state index in [9.17, 15) is 9.18 Å². The summed E-state index contributed by atoms with van der Waals surface area (Å²) in [5.74, 6) is -0.684. The van der Waals surface area contributed by atoms with Gasteiger partial charge in [0.1, 0.15) is 5.82 Å². The van der Waals surface area contributed by atoms with Crippen LogP contribution in [0.1, 0.15) is 23.7 Å². The van der Waals surface area contributed by atoms with Crippen LogP contribution in [0.15, 0.2) is 24.3 Å². The van der Waals surface area contributed by atoms with Crippen LogP contribution in [-0.2, 0) is 4.74 Å². The number of carbonyl (C=O) groups excluding carboxylic acids is 1. The molecule has 1 rings (SSSR count). The van der Waals surface area contributed by atoms with Gasteiger partial charge in [0.25, 0.3) is 5.91 Å². The second kappa shape index (κ2) is 6.23. The predicted octanol–water partition coefficient (Wildman–Crippen LogP) is 1.98. The number of benzene rings is 1. The van der Waals surface area contributed by atoms with E-state index < -0.39 is 5.82 Å². The van der Waals surface area contributed by atoms with Gasteiger partial charge < -0.3 is 10.1 Å². The first-order valence-electron chi connectivity index (χ1n) is 5.22. The molecule has 0 fully saturated rings. The van der Waals surface area contributed by atoms with Crippen molar-refractivity contribution in [3.05, 3.63) is 35.6 Å². The van der Waals surface area contributed by atoms with E-state index in [1.807, 2.05) is 6.92 Å². The number of nitrogens with one attached hydrogen (secondary N) is 1. The number of amides is 1. The highest BCUT2D eigenvalue weighted by Crippen LogP contribution is 2.04. The Balaban J connectivity index is 2.64. The molecule has 0 radical (unpaired) electrons. The molecule has 1 amide bonds. The Labute approximate surface area is 94.6 Å². The molecule has 0 heterocycles. The number of halogens is 1. The summed E-state index contributed by atoms with van der Waals surface area (Å²) in [6.45, 7) is 2.41.